The minimum atomic E-state index is -0.754. The van der Waals surface area contributed by atoms with Crippen molar-refractivity contribution < 1.29 is 19.1 Å². The van der Waals surface area contributed by atoms with Gasteiger partial charge in [0.15, 0.2) is 6.61 Å². The predicted octanol–water partition coefficient (Wildman–Crippen LogP) is 6.21. The number of aromatic nitrogens is 1. The van der Waals surface area contributed by atoms with E-state index in [1.807, 2.05) is 6.07 Å². The Morgan fingerprint density at radius 2 is 1.73 bits per heavy atom. The fraction of sp³-hybridized carbons (Fsp3) is 0.143. The molecule has 1 aromatic heterocycles. The van der Waals surface area contributed by atoms with Gasteiger partial charge < -0.3 is 15.0 Å². The third-order valence-electron chi connectivity index (χ3n) is 6.70. The van der Waals surface area contributed by atoms with Crippen molar-refractivity contribution >= 4 is 87.0 Å². The molecule has 2 aliphatic heterocycles. The zero-order valence-corrected chi connectivity index (χ0v) is 24.6. The lowest BCUT2D eigenvalue weighted by Gasteiger charge is -2.30. The molecule has 1 saturated heterocycles. The molecule has 3 amide bonds. The van der Waals surface area contributed by atoms with Gasteiger partial charge in [-0.05, 0) is 60.2 Å². The summed E-state index contributed by atoms with van der Waals surface area (Å²) in [5.74, 6) is -2.08. The van der Waals surface area contributed by atoms with Crippen molar-refractivity contribution in [2.75, 3.05) is 16.8 Å². The lowest BCUT2D eigenvalue weighted by atomic mass is 9.83. The molecule has 3 aromatic carbocycles. The standard InChI is InChI=1S/C28H18Cl3N3O5S2/c29-14-4-7-16(8-5-14)34-26(36)22-21(23-25(33-28(38)41-23)40-24(22)27(34)37)13-2-1-3-17(10-13)39-12-20(35)32-15-6-9-18(30)19(31)11-15/h1-11,21-22,24H,12H2,(H,32,35)(H,33,38)/t21-,22-,24+/m0/s1. The molecular formula is C28H18Cl3N3O5S2. The summed E-state index contributed by atoms with van der Waals surface area (Å²) in [6, 6.07) is 18.2. The molecule has 1 fully saturated rings. The molecule has 0 radical (unpaired) electrons. The Balaban J connectivity index is 1.27. The van der Waals surface area contributed by atoms with E-state index < -0.39 is 23.0 Å². The number of benzene rings is 3. The molecule has 0 unspecified atom stereocenters. The van der Waals surface area contributed by atoms with Gasteiger partial charge in [0, 0.05) is 21.5 Å². The van der Waals surface area contributed by atoms with Crippen LogP contribution in [-0.2, 0) is 14.4 Å². The van der Waals surface area contributed by atoms with Crippen LogP contribution in [-0.4, -0.2) is 34.6 Å². The molecule has 3 heterocycles. The van der Waals surface area contributed by atoms with E-state index in [1.54, 1.807) is 54.6 Å². The molecule has 2 aliphatic rings. The minimum absolute atomic E-state index is 0.270. The molecule has 6 rings (SSSR count). The lowest BCUT2D eigenvalue weighted by Crippen LogP contribution is -2.32. The molecule has 0 spiro atoms. The largest absolute Gasteiger partial charge is 0.484 e. The van der Waals surface area contributed by atoms with Crippen LogP contribution in [0.4, 0.5) is 11.4 Å². The highest BCUT2D eigenvalue weighted by atomic mass is 35.5. The number of imide groups is 1. The van der Waals surface area contributed by atoms with Crippen LogP contribution in [0.1, 0.15) is 16.4 Å². The van der Waals surface area contributed by atoms with Crippen molar-refractivity contribution in [3.63, 3.8) is 0 Å². The number of fused-ring (bicyclic) bond motifs is 2. The Bertz CT molecular complexity index is 1760. The summed E-state index contributed by atoms with van der Waals surface area (Å²) in [5.41, 5.74) is 1.58. The number of rotatable bonds is 6. The molecular weight excluding hydrogens is 629 g/mol. The van der Waals surface area contributed by atoms with Gasteiger partial charge in [-0.2, -0.15) is 0 Å². The number of carbonyl (C=O) groups excluding carboxylic acids is 3. The van der Waals surface area contributed by atoms with Crippen LogP contribution in [0.2, 0.25) is 15.1 Å². The van der Waals surface area contributed by atoms with Crippen LogP contribution in [0, 0.1) is 5.92 Å². The van der Waals surface area contributed by atoms with Gasteiger partial charge in [0.25, 0.3) is 5.91 Å². The van der Waals surface area contributed by atoms with Gasteiger partial charge in [-0.25, -0.2) is 4.90 Å². The number of amides is 3. The molecule has 8 nitrogen and oxygen atoms in total. The fourth-order valence-electron chi connectivity index (χ4n) is 4.94. The number of hydrogen-bond acceptors (Lipinski definition) is 7. The van der Waals surface area contributed by atoms with E-state index in [-0.39, 0.29) is 23.3 Å². The molecule has 0 saturated carbocycles. The zero-order chi connectivity index (χ0) is 28.8. The number of nitrogens with one attached hydrogen (secondary N) is 2. The highest BCUT2D eigenvalue weighted by molar-refractivity contribution is 8.00. The van der Waals surface area contributed by atoms with Gasteiger partial charge >= 0.3 is 4.87 Å². The minimum Gasteiger partial charge on any atom is -0.484 e. The van der Waals surface area contributed by atoms with Crippen LogP contribution in [0.25, 0.3) is 0 Å². The number of thioether (sulfide) groups is 1. The van der Waals surface area contributed by atoms with Crippen molar-refractivity contribution in [1.29, 1.82) is 0 Å². The van der Waals surface area contributed by atoms with E-state index >= 15 is 0 Å². The summed E-state index contributed by atoms with van der Waals surface area (Å²) in [4.78, 5) is 56.6. The number of ether oxygens (including phenoxy) is 1. The average molecular weight is 647 g/mol. The molecule has 208 valence electrons. The van der Waals surface area contributed by atoms with E-state index in [9.17, 15) is 19.2 Å². The Morgan fingerprint density at radius 1 is 0.951 bits per heavy atom. The highest BCUT2D eigenvalue weighted by Crippen LogP contribution is 2.53. The zero-order valence-electron chi connectivity index (χ0n) is 20.7. The maximum Gasteiger partial charge on any atom is 0.305 e. The number of aromatic amines is 1. The third-order valence-corrected chi connectivity index (χ3v) is 10.1. The average Bonchev–Trinajstić information content (AvgIpc) is 3.44. The number of thiazole rings is 1. The Kier molecular flexibility index (Phi) is 7.60. The number of nitrogens with zero attached hydrogens (tertiary/aromatic N) is 1. The molecule has 0 bridgehead atoms. The smallest absolute Gasteiger partial charge is 0.305 e. The van der Waals surface area contributed by atoms with E-state index in [2.05, 4.69) is 10.3 Å². The summed E-state index contributed by atoms with van der Waals surface area (Å²) in [6.07, 6.45) is 0. The normalized spacial score (nSPS) is 19.6. The number of H-pyrrole nitrogens is 1. The summed E-state index contributed by atoms with van der Waals surface area (Å²) < 4.78 is 5.76. The summed E-state index contributed by atoms with van der Waals surface area (Å²) in [5, 5.41) is 3.69. The highest BCUT2D eigenvalue weighted by Gasteiger charge is 2.56. The molecule has 41 heavy (non-hydrogen) atoms. The maximum absolute atomic E-state index is 13.8. The SMILES string of the molecule is O=C(COc1cccc([C@@H]2c3sc(=O)[nH]c3S[C@H]3C(=O)N(c4ccc(Cl)cc4)C(=O)[C@@H]23)c1)Nc1ccc(Cl)c(Cl)c1. The predicted molar refractivity (Wildman–Crippen MR) is 161 cm³/mol. The first kappa shape index (κ1) is 27.9. The van der Waals surface area contributed by atoms with Crippen molar-refractivity contribution in [2.45, 2.75) is 16.2 Å². The van der Waals surface area contributed by atoms with Crippen molar-refractivity contribution in [3.05, 3.63) is 102 Å². The summed E-state index contributed by atoms with van der Waals surface area (Å²) in [6.45, 7) is -0.291. The van der Waals surface area contributed by atoms with Crippen LogP contribution in [0.5, 0.6) is 5.75 Å². The van der Waals surface area contributed by atoms with E-state index in [0.29, 0.717) is 47.7 Å². The second-order valence-corrected chi connectivity index (χ2v) is 12.7. The van der Waals surface area contributed by atoms with Crippen LogP contribution in [0.15, 0.2) is 76.6 Å². The number of anilines is 2. The van der Waals surface area contributed by atoms with Gasteiger partial charge in [0.2, 0.25) is 11.8 Å². The first-order chi connectivity index (χ1) is 19.7. The number of hydrogen-bond donors (Lipinski definition) is 2. The van der Waals surface area contributed by atoms with E-state index in [1.165, 1.54) is 22.7 Å². The molecule has 3 atom stereocenters. The quantitative estimate of drug-likeness (QED) is 0.241. The van der Waals surface area contributed by atoms with Gasteiger partial charge in [-0.15, -0.1) is 0 Å². The monoisotopic (exact) mass is 645 g/mol. The van der Waals surface area contributed by atoms with Crippen molar-refractivity contribution in [1.82, 2.24) is 4.98 Å². The molecule has 0 aliphatic carbocycles. The Hall–Kier alpha value is -3.28. The first-order valence-corrected chi connectivity index (χ1v) is 15.0. The Labute approximate surface area is 256 Å². The molecule has 4 aromatic rings. The lowest BCUT2D eigenvalue weighted by molar-refractivity contribution is -0.122. The van der Waals surface area contributed by atoms with Crippen LogP contribution in [0.3, 0.4) is 0 Å². The number of halogens is 3. The third kappa shape index (κ3) is 5.38. The first-order valence-electron chi connectivity index (χ1n) is 12.2. The Morgan fingerprint density at radius 3 is 2.49 bits per heavy atom. The second kappa shape index (κ2) is 11.2. The molecule has 2 N–H and O–H groups in total. The number of carbonyl (C=O) groups is 3. The van der Waals surface area contributed by atoms with E-state index in [4.69, 9.17) is 39.5 Å². The van der Waals surface area contributed by atoms with Crippen molar-refractivity contribution in [3.8, 4) is 5.75 Å². The summed E-state index contributed by atoms with van der Waals surface area (Å²) in [7, 11) is 0. The van der Waals surface area contributed by atoms with Crippen LogP contribution >= 0.6 is 57.9 Å². The topological polar surface area (TPSA) is 109 Å². The van der Waals surface area contributed by atoms with Gasteiger partial charge in [0.1, 0.15) is 11.0 Å². The maximum atomic E-state index is 13.8. The van der Waals surface area contributed by atoms with Gasteiger partial charge in [0.05, 0.1) is 26.7 Å². The summed E-state index contributed by atoms with van der Waals surface area (Å²) >= 11 is 20.2. The molecule has 13 heteroatoms. The van der Waals surface area contributed by atoms with Crippen LogP contribution < -0.4 is 19.8 Å². The van der Waals surface area contributed by atoms with Crippen molar-refractivity contribution in [2.24, 2.45) is 5.92 Å². The van der Waals surface area contributed by atoms with E-state index in [0.717, 1.165) is 11.3 Å². The van der Waals surface area contributed by atoms with Gasteiger partial charge in [-0.1, -0.05) is 70.0 Å². The second-order valence-electron chi connectivity index (χ2n) is 9.28. The fourth-order valence-corrected chi connectivity index (χ4v) is 7.88. The van der Waals surface area contributed by atoms with Gasteiger partial charge in [-0.3, -0.25) is 19.2 Å².